The number of hydrazone groups is 1. The molecule has 3 amide bonds. The SMILES string of the molecule is CC(C)NC(=O)N(CCN1CCOCC1)CC(=O)N1N=C(c2cccn2C)CC1c1ccc(Cl)cc1. The van der Waals surface area contributed by atoms with Crippen molar-refractivity contribution >= 4 is 29.3 Å². The lowest BCUT2D eigenvalue weighted by molar-refractivity contribution is -0.133. The van der Waals surface area contributed by atoms with E-state index in [2.05, 4.69) is 10.2 Å². The number of rotatable bonds is 8. The molecule has 0 bridgehead atoms. The van der Waals surface area contributed by atoms with E-state index >= 15 is 0 Å². The first-order valence-electron chi connectivity index (χ1n) is 12.4. The Labute approximate surface area is 217 Å². The molecule has 1 fully saturated rings. The van der Waals surface area contributed by atoms with Crippen molar-refractivity contribution < 1.29 is 14.3 Å². The molecular weight excluding hydrogens is 480 g/mol. The Bertz CT molecular complexity index is 1080. The Balaban J connectivity index is 1.54. The van der Waals surface area contributed by atoms with Gasteiger partial charge in [0.2, 0.25) is 0 Å². The standard InChI is InChI=1S/C26H35ClN6O3/c1-19(2)28-26(35)32(12-11-31-13-15-36-16-14-31)18-25(34)33-24(20-6-8-21(27)9-7-20)17-22(29-33)23-5-4-10-30(23)3/h4-10,19,24H,11-18H2,1-3H3,(H,28,35). The molecule has 0 spiro atoms. The molecule has 2 aromatic rings. The van der Waals surface area contributed by atoms with E-state index in [0.717, 1.165) is 30.1 Å². The van der Waals surface area contributed by atoms with Crippen LogP contribution in [0.25, 0.3) is 0 Å². The van der Waals surface area contributed by atoms with E-state index < -0.39 is 0 Å². The van der Waals surface area contributed by atoms with E-state index in [4.69, 9.17) is 21.4 Å². The fraction of sp³-hybridized carbons (Fsp3) is 0.500. The van der Waals surface area contributed by atoms with Gasteiger partial charge in [-0.15, -0.1) is 0 Å². The summed E-state index contributed by atoms with van der Waals surface area (Å²) in [6.45, 7) is 7.90. The quantitative estimate of drug-likeness (QED) is 0.587. The Morgan fingerprint density at radius 1 is 1.19 bits per heavy atom. The molecule has 1 saturated heterocycles. The van der Waals surface area contributed by atoms with Gasteiger partial charge in [-0.05, 0) is 43.7 Å². The third-order valence-electron chi connectivity index (χ3n) is 6.48. The Morgan fingerprint density at radius 2 is 1.92 bits per heavy atom. The first kappa shape index (κ1) is 26.2. The number of nitrogens with zero attached hydrogens (tertiary/aromatic N) is 5. The summed E-state index contributed by atoms with van der Waals surface area (Å²) in [5, 5.41) is 9.86. The highest BCUT2D eigenvalue weighted by molar-refractivity contribution is 6.30. The van der Waals surface area contributed by atoms with Crippen LogP contribution in [0, 0.1) is 0 Å². The van der Waals surface area contributed by atoms with Crippen LogP contribution in [0.1, 0.15) is 37.6 Å². The number of benzene rings is 1. The maximum absolute atomic E-state index is 13.7. The fourth-order valence-electron chi connectivity index (χ4n) is 4.51. The van der Waals surface area contributed by atoms with Crippen LogP contribution in [0.5, 0.6) is 0 Å². The van der Waals surface area contributed by atoms with E-state index in [1.54, 1.807) is 4.90 Å². The normalized spacial score (nSPS) is 18.4. The number of aromatic nitrogens is 1. The number of morpholine rings is 1. The zero-order valence-electron chi connectivity index (χ0n) is 21.2. The molecule has 0 aliphatic carbocycles. The molecule has 1 N–H and O–H groups in total. The molecule has 1 atom stereocenters. The number of amides is 3. The number of aryl methyl sites for hydroxylation is 1. The lowest BCUT2D eigenvalue weighted by atomic mass is 10.0. The zero-order chi connectivity index (χ0) is 25.7. The molecule has 10 heteroatoms. The van der Waals surface area contributed by atoms with E-state index in [-0.39, 0.29) is 30.6 Å². The number of carbonyl (C=O) groups excluding carboxylic acids is 2. The molecule has 1 aromatic heterocycles. The predicted molar refractivity (Wildman–Crippen MR) is 140 cm³/mol. The number of nitrogens with one attached hydrogen (secondary N) is 1. The van der Waals surface area contributed by atoms with E-state index in [0.29, 0.717) is 37.7 Å². The van der Waals surface area contributed by atoms with Crippen LogP contribution < -0.4 is 5.32 Å². The minimum absolute atomic E-state index is 0.0333. The Hall–Kier alpha value is -2.88. The zero-order valence-corrected chi connectivity index (χ0v) is 21.9. The topological polar surface area (TPSA) is 82.4 Å². The molecule has 9 nitrogen and oxygen atoms in total. The monoisotopic (exact) mass is 514 g/mol. The first-order valence-corrected chi connectivity index (χ1v) is 12.8. The van der Waals surface area contributed by atoms with Crippen molar-refractivity contribution in [1.82, 2.24) is 24.7 Å². The Kier molecular flexibility index (Phi) is 8.66. The van der Waals surface area contributed by atoms with Crippen molar-refractivity contribution in [3.63, 3.8) is 0 Å². The summed E-state index contributed by atoms with van der Waals surface area (Å²) in [7, 11) is 1.96. The van der Waals surface area contributed by atoms with Crippen LogP contribution in [0.2, 0.25) is 5.02 Å². The summed E-state index contributed by atoms with van der Waals surface area (Å²) in [4.78, 5) is 30.5. The van der Waals surface area contributed by atoms with Crippen LogP contribution in [0.4, 0.5) is 4.79 Å². The molecule has 2 aliphatic rings. The number of ether oxygens (including phenoxy) is 1. The molecule has 1 aromatic carbocycles. The van der Waals surface area contributed by atoms with Gasteiger partial charge in [-0.3, -0.25) is 9.69 Å². The van der Waals surface area contributed by atoms with E-state index in [1.807, 2.05) is 68.1 Å². The van der Waals surface area contributed by atoms with Gasteiger partial charge in [0.05, 0.1) is 30.7 Å². The molecular formula is C26H35ClN6O3. The predicted octanol–water partition coefficient (Wildman–Crippen LogP) is 3.11. The summed E-state index contributed by atoms with van der Waals surface area (Å²) in [6.07, 6.45) is 2.54. The second kappa shape index (κ2) is 11.9. The summed E-state index contributed by atoms with van der Waals surface area (Å²) >= 11 is 6.12. The number of urea groups is 1. The third kappa shape index (κ3) is 6.46. The maximum atomic E-state index is 13.7. The lowest BCUT2D eigenvalue weighted by Crippen LogP contribution is -2.50. The largest absolute Gasteiger partial charge is 0.379 e. The first-order chi connectivity index (χ1) is 17.3. The van der Waals surface area contributed by atoms with Gasteiger partial charge < -0.3 is 19.5 Å². The molecule has 0 saturated carbocycles. The van der Waals surface area contributed by atoms with Gasteiger partial charge in [0.25, 0.3) is 5.91 Å². The van der Waals surface area contributed by atoms with Gasteiger partial charge in [-0.2, -0.15) is 5.10 Å². The van der Waals surface area contributed by atoms with Crippen molar-refractivity contribution in [1.29, 1.82) is 0 Å². The summed E-state index contributed by atoms with van der Waals surface area (Å²) in [6, 6.07) is 10.9. The minimum Gasteiger partial charge on any atom is -0.379 e. The van der Waals surface area contributed by atoms with E-state index in [1.165, 1.54) is 5.01 Å². The highest BCUT2D eigenvalue weighted by Crippen LogP contribution is 2.33. The average Bonchev–Trinajstić information content (AvgIpc) is 3.48. The smallest absolute Gasteiger partial charge is 0.318 e. The number of hydrogen-bond donors (Lipinski definition) is 1. The van der Waals surface area contributed by atoms with Crippen LogP contribution in [0.3, 0.4) is 0 Å². The molecule has 1 unspecified atom stereocenters. The van der Waals surface area contributed by atoms with Gasteiger partial charge >= 0.3 is 6.03 Å². The second-order valence-corrected chi connectivity index (χ2v) is 9.98. The maximum Gasteiger partial charge on any atom is 0.318 e. The minimum atomic E-state index is -0.270. The van der Waals surface area contributed by atoms with Crippen molar-refractivity contribution in [2.75, 3.05) is 45.9 Å². The van der Waals surface area contributed by atoms with Crippen molar-refractivity contribution in [2.45, 2.75) is 32.4 Å². The molecule has 36 heavy (non-hydrogen) atoms. The van der Waals surface area contributed by atoms with Gasteiger partial charge in [-0.1, -0.05) is 23.7 Å². The van der Waals surface area contributed by atoms with Crippen LogP contribution >= 0.6 is 11.6 Å². The van der Waals surface area contributed by atoms with E-state index in [9.17, 15) is 9.59 Å². The third-order valence-corrected chi connectivity index (χ3v) is 6.73. The molecule has 0 radical (unpaired) electrons. The van der Waals surface area contributed by atoms with Gasteiger partial charge in [0, 0.05) is 56.9 Å². The lowest BCUT2D eigenvalue weighted by Gasteiger charge is -2.31. The van der Waals surface area contributed by atoms with Crippen LogP contribution in [0.15, 0.2) is 47.7 Å². The fourth-order valence-corrected chi connectivity index (χ4v) is 4.64. The van der Waals surface area contributed by atoms with Crippen LogP contribution in [-0.2, 0) is 16.6 Å². The highest BCUT2D eigenvalue weighted by atomic mass is 35.5. The van der Waals surface area contributed by atoms with Crippen molar-refractivity contribution in [2.24, 2.45) is 12.1 Å². The van der Waals surface area contributed by atoms with Gasteiger partial charge in [0.1, 0.15) is 6.54 Å². The van der Waals surface area contributed by atoms with Gasteiger partial charge in [-0.25, -0.2) is 9.80 Å². The van der Waals surface area contributed by atoms with Crippen LogP contribution in [-0.4, -0.2) is 89.0 Å². The second-order valence-electron chi connectivity index (χ2n) is 9.54. The highest BCUT2D eigenvalue weighted by Gasteiger charge is 2.35. The van der Waals surface area contributed by atoms with Crippen molar-refractivity contribution in [3.05, 3.63) is 58.9 Å². The number of halogens is 1. The van der Waals surface area contributed by atoms with Gasteiger partial charge in [0.15, 0.2) is 0 Å². The summed E-state index contributed by atoms with van der Waals surface area (Å²) in [5.74, 6) is -0.222. The molecule has 2 aliphatic heterocycles. The molecule has 194 valence electrons. The average molecular weight is 515 g/mol. The molecule has 3 heterocycles. The summed E-state index contributed by atoms with van der Waals surface area (Å²) in [5.41, 5.74) is 2.75. The molecule has 4 rings (SSSR count). The van der Waals surface area contributed by atoms with Crippen molar-refractivity contribution in [3.8, 4) is 0 Å². The number of hydrogen-bond acceptors (Lipinski definition) is 5. The summed E-state index contributed by atoms with van der Waals surface area (Å²) < 4.78 is 7.43. The Morgan fingerprint density at radius 3 is 2.56 bits per heavy atom. The number of carbonyl (C=O) groups is 2.